The first-order valence-corrected chi connectivity index (χ1v) is 3.86. The summed E-state index contributed by atoms with van der Waals surface area (Å²) in [6.45, 7) is 7.21. The van der Waals surface area contributed by atoms with E-state index in [2.05, 4.69) is 11.9 Å². The molecule has 1 aromatic rings. The van der Waals surface area contributed by atoms with Gasteiger partial charge in [-0.3, -0.25) is 0 Å². The smallest absolute Gasteiger partial charge is 0.157 e. The lowest BCUT2D eigenvalue weighted by Crippen LogP contribution is -2.18. The van der Waals surface area contributed by atoms with E-state index >= 15 is 0 Å². The van der Waals surface area contributed by atoms with Gasteiger partial charge in [0.25, 0.3) is 0 Å². The topological polar surface area (TPSA) is 21.6 Å². The number of hydrogen-bond acceptors (Lipinski definition) is 2. The molecule has 0 aliphatic heterocycles. The van der Waals surface area contributed by atoms with Gasteiger partial charge in [-0.25, -0.2) is 0 Å². The first-order valence-electron chi connectivity index (χ1n) is 3.86. The average molecular weight is 163 g/mol. The third kappa shape index (κ3) is 1.84. The van der Waals surface area contributed by atoms with Crippen LogP contribution in [0.25, 0.3) is 0 Å². The van der Waals surface area contributed by atoms with Gasteiger partial charge in [0.2, 0.25) is 0 Å². The van der Waals surface area contributed by atoms with Crippen molar-refractivity contribution < 1.29 is 4.84 Å². The third-order valence-corrected chi connectivity index (χ3v) is 1.76. The lowest BCUT2D eigenvalue weighted by Gasteiger charge is -2.21. The van der Waals surface area contributed by atoms with Crippen LogP contribution in [0.2, 0.25) is 0 Å². The lowest BCUT2D eigenvalue weighted by atomic mass is 9.99. The zero-order valence-corrected chi connectivity index (χ0v) is 7.45. The Kier molecular flexibility index (Phi) is 2.48. The molecule has 0 spiro atoms. The summed E-state index contributed by atoms with van der Waals surface area (Å²) >= 11 is 0. The average Bonchev–Trinajstić information content (AvgIpc) is 2.06. The molecule has 0 amide bonds. The van der Waals surface area contributed by atoms with Gasteiger partial charge in [-0.15, -0.1) is 5.16 Å². The van der Waals surface area contributed by atoms with Crippen LogP contribution in [0, 0.1) is 0 Å². The predicted octanol–water partition coefficient (Wildman–Crippen LogP) is 2.55. The summed E-state index contributed by atoms with van der Waals surface area (Å²) in [5.74, 6) is 0. The second-order valence-corrected chi connectivity index (χ2v) is 3.10. The molecule has 2 heteroatoms. The molecular formula is C10H13NO. The first kappa shape index (κ1) is 8.78. The van der Waals surface area contributed by atoms with Crippen molar-refractivity contribution in [3.63, 3.8) is 0 Å². The number of benzene rings is 1. The van der Waals surface area contributed by atoms with Crippen LogP contribution in [0.15, 0.2) is 35.5 Å². The highest BCUT2D eigenvalue weighted by Gasteiger charge is 2.21. The Morgan fingerprint density at radius 3 is 2.33 bits per heavy atom. The van der Waals surface area contributed by atoms with Gasteiger partial charge < -0.3 is 4.84 Å². The quantitative estimate of drug-likeness (QED) is 0.495. The largest absolute Gasteiger partial charge is 0.386 e. The van der Waals surface area contributed by atoms with Crippen LogP contribution in [-0.2, 0) is 10.4 Å². The number of nitrogens with zero attached hydrogens (tertiary/aromatic N) is 1. The molecule has 0 fully saturated rings. The molecule has 0 bridgehead atoms. The van der Waals surface area contributed by atoms with Crippen LogP contribution in [-0.4, -0.2) is 6.72 Å². The molecule has 0 aromatic heterocycles. The zero-order valence-electron chi connectivity index (χ0n) is 7.45. The SMILES string of the molecule is C=NOC(C)(C)c1ccccc1. The summed E-state index contributed by atoms with van der Waals surface area (Å²) < 4.78 is 0. The van der Waals surface area contributed by atoms with Gasteiger partial charge >= 0.3 is 0 Å². The summed E-state index contributed by atoms with van der Waals surface area (Å²) in [6, 6.07) is 9.93. The first-order chi connectivity index (χ1) is 5.67. The molecule has 0 radical (unpaired) electrons. The standard InChI is InChI=1S/C10H13NO/c1-10(2,12-11-3)9-7-5-4-6-8-9/h4-8H,3H2,1-2H3. The maximum absolute atomic E-state index is 5.13. The van der Waals surface area contributed by atoms with E-state index in [1.54, 1.807) is 0 Å². The van der Waals surface area contributed by atoms with E-state index in [4.69, 9.17) is 4.84 Å². The summed E-state index contributed by atoms with van der Waals surface area (Å²) in [5.41, 5.74) is 0.709. The van der Waals surface area contributed by atoms with Crippen LogP contribution in [0.1, 0.15) is 19.4 Å². The Balaban J connectivity index is 2.89. The maximum Gasteiger partial charge on any atom is 0.157 e. The highest BCUT2D eigenvalue weighted by atomic mass is 16.6. The second-order valence-electron chi connectivity index (χ2n) is 3.10. The highest BCUT2D eigenvalue weighted by molar-refractivity contribution is 5.23. The van der Waals surface area contributed by atoms with Crippen LogP contribution in [0.4, 0.5) is 0 Å². The van der Waals surface area contributed by atoms with Gasteiger partial charge in [0.15, 0.2) is 5.60 Å². The molecule has 2 nitrogen and oxygen atoms in total. The van der Waals surface area contributed by atoms with E-state index in [1.807, 2.05) is 44.2 Å². The van der Waals surface area contributed by atoms with Crippen molar-refractivity contribution in [1.29, 1.82) is 0 Å². The summed E-state index contributed by atoms with van der Waals surface area (Å²) in [7, 11) is 0. The molecule has 1 rings (SSSR count). The fourth-order valence-corrected chi connectivity index (χ4v) is 1.05. The van der Waals surface area contributed by atoms with E-state index in [9.17, 15) is 0 Å². The van der Waals surface area contributed by atoms with Crippen molar-refractivity contribution in [2.45, 2.75) is 19.4 Å². The zero-order chi connectivity index (χ0) is 9.03. The minimum absolute atomic E-state index is 0.386. The Hall–Kier alpha value is -1.31. The number of rotatable bonds is 3. The van der Waals surface area contributed by atoms with E-state index in [-0.39, 0.29) is 5.60 Å². The van der Waals surface area contributed by atoms with Gasteiger partial charge in [0, 0.05) is 6.72 Å². The predicted molar refractivity (Wildman–Crippen MR) is 50.1 cm³/mol. The van der Waals surface area contributed by atoms with Crippen LogP contribution in [0.5, 0.6) is 0 Å². The molecule has 0 heterocycles. The molecule has 12 heavy (non-hydrogen) atoms. The van der Waals surface area contributed by atoms with Gasteiger partial charge in [-0.1, -0.05) is 30.3 Å². The second kappa shape index (κ2) is 3.39. The highest BCUT2D eigenvalue weighted by Crippen LogP contribution is 2.23. The number of hydrogen-bond donors (Lipinski definition) is 0. The monoisotopic (exact) mass is 163 g/mol. The van der Waals surface area contributed by atoms with E-state index in [0.29, 0.717) is 0 Å². The van der Waals surface area contributed by atoms with Crippen molar-refractivity contribution in [1.82, 2.24) is 0 Å². The number of oxime groups is 1. The minimum atomic E-state index is -0.386. The van der Waals surface area contributed by atoms with Gasteiger partial charge in [0.05, 0.1) is 0 Å². The summed E-state index contributed by atoms with van der Waals surface area (Å²) in [5, 5.41) is 3.43. The van der Waals surface area contributed by atoms with Crippen LogP contribution >= 0.6 is 0 Å². The third-order valence-electron chi connectivity index (χ3n) is 1.76. The van der Waals surface area contributed by atoms with E-state index in [1.165, 1.54) is 0 Å². The van der Waals surface area contributed by atoms with E-state index < -0.39 is 0 Å². The molecule has 1 aromatic carbocycles. The fraction of sp³-hybridized carbons (Fsp3) is 0.300. The van der Waals surface area contributed by atoms with E-state index in [0.717, 1.165) is 5.56 Å². The molecule has 0 saturated carbocycles. The van der Waals surface area contributed by atoms with Gasteiger partial charge in [0.1, 0.15) is 0 Å². The van der Waals surface area contributed by atoms with Crippen molar-refractivity contribution in [2.75, 3.05) is 0 Å². The van der Waals surface area contributed by atoms with Crippen molar-refractivity contribution >= 4 is 6.72 Å². The lowest BCUT2D eigenvalue weighted by molar-refractivity contribution is -0.0168. The summed E-state index contributed by atoms with van der Waals surface area (Å²) in [6.07, 6.45) is 0. The summed E-state index contributed by atoms with van der Waals surface area (Å²) in [4.78, 5) is 5.13. The molecule has 0 saturated heterocycles. The van der Waals surface area contributed by atoms with Crippen molar-refractivity contribution in [2.24, 2.45) is 5.16 Å². The van der Waals surface area contributed by atoms with Crippen LogP contribution < -0.4 is 0 Å². The molecule has 64 valence electrons. The molecule has 0 unspecified atom stereocenters. The van der Waals surface area contributed by atoms with Gasteiger partial charge in [-0.05, 0) is 19.4 Å². The van der Waals surface area contributed by atoms with Crippen molar-refractivity contribution in [3.05, 3.63) is 35.9 Å². The molecule has 0 aliphatic carbocycles. The van der Waals surface area contributed by atoms with Gasteiger partial charge in [-0.2, -0.15) is 0 Å². The normalized spacial score (nSPS) is 10.8. The Bertz CT molecular complexity index is 254. The Labute approximate surface area is 72.9 Å². The van der Waals surface area contributed by atoms with Crippen LogP contribution in [0.3, 0.4) is 0 Å². The Morgan fingerprint density at radius 1 is 1.25 bits per heavy atom. The maximum atomic E-state index is 5.13. The molecular weight excluding hydrogens is 150 g/mol. The fourth-order valence-electron chi connectivity index (χ4n) is 1.05. The Morgan fingerprint density at radius 2 is 1.83 bits per heavy atom. The minimum Gasteiger partial charge on any atom is -0.386 e. The molecule has 0 N–H and O–H groups in total. The molecule has 0 aliphatic rings. The van der Waals surface area contributed by atoms with Crippen molar-refractivity contribution in [3.8, 4) is 0 Å². The molecule has 0 atom stereocenters.